The number of hydrogen-bond acceptors (Lipinski definition) is 2. The van der Waals surface area contributed by atoms with E-state index in [2.05, 4.69) is 0 Å². The lowest BCUT2D eigenvalue weighted by atomic mass is 10.5. The first-order chi connectivity index (χ1) is 6.04. The van der Waals surface area contributed by atoms with E-state index in [4.69, 9.17) is 0 Å². The summed E-state index contributed by atoms with van der Waals surface area (Å²) in [6.45, 7) is 8.00. The normalized spacial score (nSPS) is 19.0. The van der Waals surface area contributed by atoms with Crippen LogP contribution in [0, 0.1) is 0 Å². The molecule has 1 aliphatic rings. The smallest absolute Gasteiger partial charge is 0.219 e. The van der Waals surface area contributed by atoms with Crippen molar-refractivity contribution in [3.8, 4) is 0 Å². The molecule has 0 saturated heterocycles. The van der Waals surface area contributed by atoms with Crippen LogP contribution in [0.4, 0.5) is 0 Å². The van der Waals surface area contributed by atoms with Gasteiger partial charge in [-0.1, -0.05) is 0 Å². The van der Waals surface area contributed by atoms with Crippen LogP contribution < -0.4 is 0 Å². The first kappa shape index (κ1) is 11.0. The van der Waals surface area contributed by atoms with E-state index in [-0.39, 0.29) is 9.14 Å². The topological polar surface area (TPSA) is 34.1 Å². The van der Waals surface area contributed by atoms with Crippen LogP contribution in [0.15, 0.2) is 0 Å². The van der Waals surface area contributed by atoms with E-state index in [9.17, 15) is 8.42 Å². The van der Waals surface area contributed by atoms with Gasteiger partial charge in [0, 0.05) is 0 Å². The van der Waals surface area contributed by atoms with Crippen LogP contribution in [0.3, 0.4) is 0 Å². The van der Waals surface area contributed by atoms with Gasteiger partial charge in [-0.3, -0.25) is 0 Å². The summed E-state index contributed by atoms with van der Waals surface area (Å²) in [5, 5.41) is -0.0349. The van der Waals surface area contributed by atoms with Crippen molar-refractivity contribution in [1.82, 2.24) is 0 Å². The zero-order valence-corrected chi connectivity index (χ0v) is 9.60. The first-order valence-corrected chi connectivity index (χ1v) is 6.64. The van der Waals surface area contributed by atoms with Crippen molar-refractivity contribution in [1.29, 1.82) is 0 Å². The molecule has 13 heavy (non-hydrogen) atoms. The third kappa shape index (κ3) is 1.62. The highest BCUT2D eigenvalue weighted by Gasteiger charge is 2.48. The lowest BCUT2D eigenvalue weighted by Crippen LogP contribution is -2.53. The standard InChI is InChI=1S/C9H20NO2S/c1-4-10(5-2,6-3)13(11,12)9-7-8-9/h9H,4-8H2,1-3H3/q+1. The molecule has 1 fully saturated rings. The molecule has 0 unspecified atom stereocenters. The highest BCUT2D eigenvalue weighted by Crippen LogP contribution is 2.34. The van der Waals surface area contributed by atoms with Crippen LogP contribution in [0.1, 0.15) is 33.6 Å². The van der Waals surface area contributed by atoms with Gasteiger partial charge in [0.05, 0.1) is 19.6 Å². The van der Waals surface area contributed by atoms with Crippen LogP contribution in [0.25, 0.3) is 0 Å². The van der Waals surface area contributed by atoms with E-state index in [0.717, 1.165) is 12.8 Å². The summed E-state index contributed by atoms with van der Waals surface area (Å²) in [4.78, 5) is 0. The lowest BCUT2D eigenvalue weighted by molar-refractivity contribution is -0.800. The summed E-state index contributed by atoms with van der Waals surface area (Å²) < 4.78 is 24.4. The maximum Gasteiger partial charge on any atom is 0.299 e. The van der Waals surface area contributed by atoms with Crippen molar-refractivity contribution in [2.45, 2.75) is 38.9 Å². The summed E-state index contributed by atoms with van der Waals surface area (Å²) in [6.07, 6.45) is 1.75. The molecule has 0 radical (unpaired) electrons. The van der Waals surface area contributed by atoms with E-state index in [1.165, 1.54) is 0 Å². The van der Waals surface area contributed by atoms with Crippen LogP contribution >= 0.6 is 0 Å². The fourth-order valence-electron chi connectivity index (χ4n) is 1.89. The second kappa shape index (κ2) is 3.58. The zero-order chi connectivity index (χ0) is 10.1. The molecule has 1 saturated carbocycles. The van der Waals surface area contributed by atoms with Crippen molar-refractivity contribution in [3.05, 3.63) is 0 Å². The van der Waals surface area contributed by atoms with Gasteiger partial charge in [0.1, 0.15) is 5.25 Å². The Hall–Kier alpha value is -0.0900. The van der Waals surface area contributed by atoms with E-state index in [0.29, 0.717) is 19.6 Å². The molecule has 0 atom stereocenters. The molecule has 1 rings (SSSR count). The largest absolute Gasteiger partial charge is 0.299 e. The third-order valence-corrected chi connectivity index (χ3v) is 6.38. The maximum atomic E-state index is 12.1. The number of nitrogens with zero attached hydrogens (tertiary/aromatic N) is 1. The van der Waals surface area contributed by atoms with Crippen molar-refractivity contribution in [2.24, 2.45) is 0 Å². The molecule has 0 spiro atoms. The predicted molar refractivity (Wildman–Crippen MR) is 53.8 cm³/mol. The monoisotopic (exact) mass is 206 g/mol. The summed E-state index contributed by atoms with van der Waals surface area (Å²) in [5.41, 5.74) is 0. The molecule has 0 aliphatic heterocycles. The quantitative estimate of drug-likeness (QED) is 0.636. The minimum atomic E-state index is -2.90. The van der Waals surface area contributed by atoms with Gasteiger partial charge in [-0.05, 0) is 33.6 Å². The van der Waals surface area contributed by atoms with Gasteiger partial charge < -0.3 is 0 Å². The van der Waals surface area contributed by atoms with Gasteiger partial charge in [0.25, 0.3) is 10.0 Å². The van der Waals surface area contributed by atoms with E-state index < -0.39 is 10.0 Å². The molecule has 78 valence electrons. The summed E-state index contributed by atoms with van der Waals surface area (Å²) >= 11 is 0. The van der Waals surface area contributed by atoms with Crippen molar-refractivity contribution >= 4 is 10.0 Å². The minimum absolute atomic E-state index is 0.0349. The highest BCUT2D eigenvalue weighted by atomic mass is 32.2. The fourth-order valence-corrected chi connectivity index (χ4v) is 4.34. The number of quaternary nitrogens is 1. The van der Waals surface area contributed by atoms with Gasteiger partial charge >= 0.3 is 0 Å². The second-order valence-corrected chi connectivity index (χ2v) is 6.19. The number of rotatable bonds is 5. The molecular formula is C9H20NO2S+. The number of sulfonamides is 1. The summed E-state index contributed by atoms with van der Waals surface area (Å²) in [5.74, 6) is 0. The van der Waals surface area contributed by atoms with Crippen LogP contribution in [0.5, 0.6) is 0 Å². The Labute approximate surface area is 81.4 Å². The van der Waals surface area contributed by atoms with E-state index >= 15 is 0 Å². The first-order valence-electron chi connectivity index (χ1n) is 5.14. The fraction of sp³-hybridized carbons (Fsp3) is 1.00. The molecule has 0 aromatic heterocycles. The van der Waals surface area contributed by atoms with Gasteiger partial charge in [0.15, 0.2) is 0 Å². The van der Waals surface area contributed by atoms with E-state index in [1.807, 2.05) is 20.8 Å². The summed E-state index contributed by atoms with van der Waals surface area (Å²) in [7, 11) is -2.90. The maximum absolute atomic E-state index is 12.1. The molecule has 1 aliphatic carbocycles. The molecule has 0 aromatic rings. The molecule has 0 N–H and O–H groups in total. The van der Waals surface area contributed by atoms with Crippen LogP contribution in [0.2, 0.25) is 0 Å². The van der Waals surface area contributed by atoms with Crippen molar-refractivity contribution < 1.29 is 12.3 Å². The van der Waals surface area contributed by atoms with Gasteiger partial charge in [-0.25, -0.2) is 3.89 Å². The molecular weight excluding hydrogens is 186 g/mol. The molecule has 0 heterocycles. The van der Waals surface area contributed by atoms with Crippen LogP contribution in [-0.2, 0) is 10.0 Å². The average molecular weight is 206 g/mol. The highest BCUT2D eigenvalue weighted by molar-refractivity contribution is 7.86. The van der Waals surface area contributed by atoms with Gasteiger partial charge in [-0.15, -0.1) is 0 Å². The zero-order valence-electron chi connectivity index (χ0n) is 8.78. The Morgan fingerprint density at radius 2 is 1.46 bits per heavy atom. The molecule has 3 nitrogen and oxygen atoms in total. The molecule has 0 aromatic carbocycles. The summed E-state index contributed by atoms with van der Waals surface area (Å²) in [6, 6.07) is 0. The van der Waals surface area contributed by atoms with Crippen molar-refractivity contribution in [3.63, 3.8) is 0 Å². The van der Waals surface area contributed by atoms with Crippen LogP contribution in [-0.4, -0.2) is 37.2 Å². The van der Waals surface area contributed by atoms with Gasteiger partial charge in [0.2, 0.25) is 0 Å². The van der Waals surface area contributed by atoms with E-state index in [1.54, 1.807) is 0 Å². The molecule has 4 heteroatoms. The molecule has 0 amide bonds. The Bertz CT molecular complexity index is 255. The second-order valence-electron chi connectivity index (χ2n) is 3.72. The Balaban J connectivity index is 2.97. The Kier molecular flexibility index (Phi) is 3.02. The lowest BCUT2D eigenvalue weighted by Gasteiger charge is -2.33. The van der Waals surface area contributed by atoms with Gasteiger partial charge in [-0.2, -0.15) is 8.42 Å². The number of hydrogen-bond donors (Lipinski definition) is 0. The van der Waals surface area contributed by atoms with Crippen molar-refractivity contribution in [2.75, 3.05) is 19.6 Å². The Morgan fingerprint density at radius 3 is 1.69 bits per heavy atom. The molecule has 0 bridgehead atoms. The average Bonchev–Trinajstić information content (AvgIpc) is 2.90. The Morgan fingerprint density at radius 1 is 1.08 bits per heavy atom. The SMILES string of the molecule is CC[N+](CC)(CC)S(=O)(=O)C1CC1. The predicted octanol–water partition coefficient (Wildman–Crippen LogP) is 1.36. The minimum Gasteiger partial charge on any atom is -0.219 e. The third-order valence-electron chi connectivity index (χ3n) is 3.21.